The van der Waals surface area contributed by atoms with Crippen molar-refractivity contribution in [2.75, 3.05) is 20.1 Å². The summed E-state index contributed by atoms with van der Waals surface area (Å²) in [6, 6.07) is 0. The molecule has 0 amide bonds. The molecule has 0 aromatic heterocycles. The van der Waals surface area contributed by atoms with Gasteiger partial charge in [-0.3, -0.25) is 0 Å². The number of allylic oxidation sites excluding steroid dienone is 4. The molecular weight excluding hydrogens is 203 g/mol. The van der Waals surface area contributed by atoms with E-state index >= 15 is 0 Å². The van der Waals surface area contributed by atoms with E-state index in [2.05, 4.69) is 25.8 Å². The first-order valence-electron chi connectivity index (χ1n) is 6.07. The highest BCUT2D eigenvalue weighted by Crippen LogP contribution is 2.30. The van der Waals surface area contributed by atoms with E-state index in [1.165, 1.54) is 6.08 Å². The first kappa shape index (κ1) is 13.2. The van der Waals surface area contributed by atoms with Gasteiger partial charge in [-0.1, -0.05) is 13.8 Å². The van der Waals surface area contributed by atoms with Crippen molar-refractivity contribution in [1.82, 2.24) is 4.90 Å². The van der Waals surface area contributed by atoms with Crippen LogP contribution in [0.4, 0.5) is 4.39 Å². The quantitative estimate of drug-likeness (QED) is 0.781. The Balaban J connectivity index is 2.54. The summed E-state index contributed by atoms with van der Waals surface area (Å²) in [5.41, 5.74) is 7.22. The first-order valence-corrected chi connectivity index (χ1v) is 6.07. The third-order valence-corrected chi connectivity index (χ3v) is 3.38. The van der Waals surface area contributed by atoms with E-state index in [1.807, 2.05) is 0 Å². The van der Waals surface area contributed by atoms with Crippen molar-refractivity contribution in [3.05, 3.63) is 23.2 Å². The van der Waals surface area contributed by atoms with E-state index < -0.39 is 0 Å². The lowest BCUT2D eigenvalue weighted by Gasteiger charge is -2.22. The van der Waals surface area contributed by atoms with Crippen molar-refractivity contribution in [1.29, 1.82) is 0 Å². The van der Waals surface area contributed by atoms with Gasteiger partial charge in [0.25, 0.3) is 0 Å². The number of hydrogen-bond donors (Lipinski definition) is 1. The lowest BCUT2D eigenvalue weighted by molar-refractivity contribution is 0.326. The minimum Gasteiger partial charge on any atom is -0.402 e. The predicted molar refractivity (Wildman–Crippen MR) is 66.6 cm³/mol. The Labute approximate surface area is 98.0 Å². The zero-order chi connectivity index (χ0) is 12.1. The van der Waals surface area contributed by atoms with Crippen LogP contribution >= 0.6 is 0 Å². The highest BCUT2D eigenvalue weighted by Gasteiger charge is 2.17. The zero-order valence-corrected chi connectivity index (χ0v) is 10.6. The molecule has 3 heteroatoms. The molecule has 2 N–H and O–H groups in total. The second-order valence-electron chi connectivity index (χ2n) is 4.68. The molecule has 0 spiro atoms. The molecule has 1 atom stereocenters. The largest absolute Gasteiger partial charge is 0.402 e. The predicted octanol–water partition coefficient (Wildman–Crippen LogP) is 2.82. The van der Waals surface area contributed by atoms with E-state index in [9.17, 15) is 4.39 Å². The third-order valence-electron chi connectivity index (χ3n) is 3.38. The van der Waals surface area contributed by atoms with E-state index in [1.54, 1.807) is 0 Å². The molecule has 0 saturated carbocycles. The molecule has 1 rings (SSSR count). The SMILES string of the molecule is CCN(C)CCC(C)C1=C(F)C=C(N)CC1. The van der Waals surface area contributed by atoms with Crippen molar-refractivity contribution >= 4 is 0 Å². The standard InChI is InChI=1S/C13H23FN2/c1-4-16(3)8-7-10(2)12-6-5-11(15)9-13(12)14/h9-10H,4-8,15H2,1-3H3. The maximum Gasteiger partial charge on any atom is 0.124 e. The molecule has 92 valence electrons. The van der Waals surface area contributed by atoms with Crippen molar-refractivity contribution in [3.63, 3.8) is 0 Å². The minimum atomic E-state index is -0.101. The monoisotopic (exact) mass is 226 g/mol. The average Bonchev–Trinajstić information content (AvgIpc) is 2.25. The topological polar surface area (TPSA) is 29.3 Å². The molecule has 0 bridgehead atoms. The van der Waals surface area contributed by atoms with Crippen LogP contribution in [0.15, 0.2) is 23.2 Å². The van der Waals surface area contributed by atoms with Gasteiger partial charge in [0.2, 0.25) is 0 Å². The Morgan fingerprint density at radius 3 is 2.75 bits per heavy atom. The van der Waals surface area contributed by atoms with Crippen LogP contribution in [0, 0.1) is 5.92 Å². The molecule has 0 aliphatic heterocycles. The van der Waals surface area contributed by atoms with Crippen LogP contribution in [0.2, 0.25) is 0 Å². The molecule has 0 fully saturated rings. The van der Waals surface area contributed by atoms with Gasteiger partial charge < -0.3 is 10.6 Å². The van der Waals surface area contributed by atoms with Gasteiger partial charge in [-0.25, -0.2) is 4.39 Å². The molecule has 0 aromatic carbocycles. The Hall–Kier alpha value is -0.830. The molecule has 1 unspecified atom stereocenters. The lowest BCUT2D eigenvalue weighted by atomic mass is 9.89. The van der Waals surface area contributed by atoms with Crippen LogP contribution in [-0.2, 0) is 0 Å². The van der Waals surface area contributed by atoms with E-state index in [0.717, 1.165) is 37.9 Å². The molecule has 16 heavy (non-hydrogen) atoms. The van der Waals surface area contributed by atoms with Gasteiger partial charge in [-0.05, 0) is 57.0 Å². The summed E-state index contributed by atoms with van der Waals surface area (Å²) in [5.74, 6) is 0.216. The number of nitrogens with zero attached hydrogens (tertiary/aromatic N) is 1. The van der Waals surface area contributed by atoms with Crippen molar-refractivity contribution in [2.45, 2.75) is 33.1 Å². The van der Waals surface area contributed by atoms with Gasteiger partial charge in [0.15, 0.2) is 0 Å². The average molecular weight is 226 g/mol. The zero-order valence-electron chi connectivity index (χ0n) is 10.6. The second kappa shape index (κ2) is 6.04. The molecule has 1 aliphatic carbocycles. The number of nitrogens with two attached hydrogens (primary N) is 1. The van der Waals surface area contributed by atoms with Crippen molar-refractivity contribution < 1.29 is 4.39 Å². The summed E-state index contributed by atoms with van der Waals surface area (Å²) in [4.78, 5) is 2.25. The highest BCUT2D eigenvalue weighted by molar-refractivity contribution is 5.28. The smallest absolute Gasteiger partial charge is 0.124 e. The van der Waals surface area contributed by atoms with Gasteiger partial charge in [0.05, 0.1) is 0 Å². The fourth-order valence-electron chi connectivity index (χ4n) is 1.95. The maximum atomic E-state index is 13.7. The molecule has 2 nitrogen and oxygen atoms in total. The van der Waals surface area contributed by atoms with E-state index in [0.29, 0.717) is 11.6 Å². The fraction of sp³-hybridized carbons (Fsp3) is 0.692. The summed E-state index contributed by atoms with van der Waals surface area (Å²) in [7, 11) is 2.09. The molecule has 0 heterocycles. The number of halogens is 1. The summed E-state index contributed by atoms with van der Waals surface area (Å²) >= 11 is 0. The fourth-order valence-corrected chi connectivity index (χ4v) is 1.95. The van der Waals surface area contributed by atoms with Crippen LogP contribution in [0.25, 0.3) is 0 Å². The summed E-state index contributed by atoms with van der Waals surface area (Å²) in [5, 5.41) is 0. The third kappa shape index (κ3) is 3.63. The summed E-state index contributed by atoms with van der Waals surface area (Å²) in [6.07, 6.45) is 4.08. The van der Waals surface area contributed by atoms with Crippen LogP contribution < -0.4 is 5.73 Å². The van der Waals surface area contributed by atoms with Crippen molar-refractivity contribution in [2.24, 2.45) is 11.7 Å². The molecule has 0 radical (unpaired) electrons. The number of hydrogen-bond acceptors (Lipinski definition) is 2. The van der Waals surface area contributed by atoms with Gasteiger partial charge in [-0.2, -0.15) is 0 Å². The Morgan fingerprint density at radius 2 is 2.19 bits per heavy atom. The molecule has 0 aromatic rings. The van der Waals surface area contributed by atoms with Gasteiger partial charge >= 0.3 is 0 Å². The Morgan fingerprint density at radius 1 is 1.50 bits per heavy atom. The van der Waals surface area contributed by atoms with Crippen LogP contribution in [0.1, 0.15) is 33.1 Å². The maximum absolute atomic E-state index is 13.7. The van der Waals surface area contributed by atoms with E-state index in [4.69, 9.17) is 5.73 Å². The Bertz CT molecular complexity index is 294. The molecule has 1 aliphatic rings. The molecular formula is C13H23FN2. The van der Waals surface area contributed by atoms with Crippen LogP contribution in [0.5, 0.6) is 0 Å². The van der Waals surface area contributed by atoms with Gasteiger partial charge in [0.1, 0.15) is 5.83 Å². The summed E-state index contributed by atoms with van der Waals surface area (Å²) < 4.78 is 13.7. The van der Waals surface area contributed by atoms with E-state index in [-0.39, 0.29) is 5.83 Å². The normalized spacial score (nSPS) is 18.9. The Kier molecular flexibility index (Phi) is 5.00. The number of rotatable bonds is 5. The van der Waals surface area contributed by atoms with Gasteiger partial charge in [0, 0.05) is 5.70 Å². The highest BCUT2D eigenvalue weighted by atomic mass is 19.1. The second-order valence-corrected chi connectivity index (χ2v) is 4.68. The van der Waals surface area contributed by atoms with Crippen LogP contribution in [-0.4, -0.2) is 25.0 Å². The minimum absolute atomic E-state index is 0.101. The lowest BCUT2D eigenvalue weighted by Crippen LogP contribution is -2.21. The first-order chi connectivity index (χ1) is 7.54. The van der Waals surface area contributed by atoms with Crippen LogP contribution in [0.3, 0.4) is 0 Å². The molecule has 0 saturated heterocycles. The van der Waals surface area contributed by atoms with Crippen molar-refractivity contribution in [3.8, 4) is 0 Å². The van der Waals surface area contributed by atoms with Gasteiger partial charge in [-0.15, -0.1) is 0 Å². The summed E-state index contributed by atoms with van der Waals surface area (Å²) in [6.45, 7) is 6.30.